The number of nitrogens with zero attached hydrogens (tertiary/aromatic N) is 1. The monoisotopic (exact) mass is 364 g/mol. The van der Waals surface area contributed by atoms with Gasteiger partial charge in [-0.1, -0.05) is 41.4 Å². The zero-order valence-corrected chi connectivity index (χ0v) is 13.5. The highest BCUT2D eigenvalue weighted by Gasteiger charge is 2.39. The van der Waals surface area contributed by atoms with E-state index in [1.807, 2.05) is 0 Å². The maximum Gasteiger partial charge on any atom is 0.339 e. The van der Waals surface area contributed by atoms with Crippen LogP contribution in [0.2, 0.25) is 10.0 Å². The van der Waals surface area contributed by atoms with Gasteiger partial charge in [0, 0.05) is 21.3 Å². The standard InChI is InChI=1S/C16H10Cl2N2O4/c17-9-5-10(18)7-11(6-9)19-8-14(20(22)23)15-12-3-1-2-4-13(12)16(21)24-15/h1-8,15,19H/b14-8+/t15-/m0/s1. The van der Waals surface area contributed by atoms with Crippen LogP contribution in [0.1, 0.15) is 22.0 Å². The highest BCUT2D eigenvalue weighted by atomic mass is 35.5. The number of ether oxygens (including phenoxy) is 1. The van der Waals surface area contributed by atoms with Crippen molar-refractivity contribution in [2.24, 2.45) is 0 Å². The summed E-state index contributed by atoms with van der Waals surface area (Å²) in [5.74, 6) is -0.589. The van der Waals surface area contributed by atoms with Crippen LogP contribution in [0, 0.1) is 10.1 Å². The molecular weight excluding hydrogens is 355 g/mol. The van der Waals surface area contributed by atoms with Crippen molar-refractivity contribution in [3.8, 4) is 0 Å². The Labute approximate surface area is 146 Å². The normalized spacial score (nSPS) is 16.5. The molecule has 1 N–H and O–H groups in total. The van der Waals surface area contributed by atoms with Crippen LogP contribution in [-0.4, -0.2) is 10.9 Å². The van der Waals surface area contributed by atoms with E-state index in [-0.39, 0.29) is 5.70 Å². The lowest BCUT2D eigenvalue weighted by molar-refractivity contribution is -0.436. The number of nitrogens with one attached hydrogen (secondary N) is 1. The van der Waals surface area contributed by atoms with Gasteiger partial charge >= 0.3 is 11.7 Å². The summed E-state index contributed by atoms with van der Waals surface area (Å²) < 4.78 is 5.15. The van der Waals surface area contributed by atoms with E-state index in [1.165, 1.54) is 6.20 Å². The molecule has 0 aliphatic carbocycles. The fraction of sp³-hybridized carbons (Fsp3) is 0.0625. The maximum atomic E-state index is 11.8. The Balaban J connectivity index is 1.94. The van der Waals surface area contributed by atoms with Crippen molar-refractivity contribution in [2.45, 2.75) is 6.10 Å². The van der Waals surface area contributed by atoms with Crippen LogP contribution < -0.4 is 5.32 Å². The molecule has 1 atom stereocenters. The average Bonchev–Trinajstić information content (AvgIpc) is 2.84. The van der Waals surface area contributed by atoms with Gasteiger partial charge < -0.3 is 10.1 Å². The van der Waals surface area contributed by atoms with Crippen LogP contribution in [0.15, 0.2) is 54.4 Å². The van der Waals surface area contributed by atoms with Crippen LogP contribution in [0.3, 0.4) is 0 Å². The minimum atomic E-state index is -1.08. The molecule has 2 aromatic rings. The lowest BCUT2D eigenvalue weighted by Crippen LogP contribution is -2.12. The average molecular weight is 365 g/mol. The van der Waals surface area contributed by atoms with Crippen LogP contribution in [0.4, 0.5) is 5.69 Å². The van der Waals surface area contributed by atoms with Gasteiger partial charge in [-0.2, -0.15) is 0 Å². The summed E-state index contributed by atoms with van der Waals surface area (Å²) in [6, 6.07) is 11.2. The number of cyclic esters (lactones) is 1. The van der Waals surface area contributed by atoms with E-state index in [4.69, 9.17) is 27.9 Å². The molecule has 0 saturated heterocycles. The van der Waals surface area contributed by atoms with Gasteiger partial charge in [-0.25, -0.2) is 4.79 Å². The third-order valence-electron chi connectivity index (χ3n) is 3.42. The summed E-state index contributed by atoms with van der Waals surface area (Å²) in [6.07, 6.45) is 0.0908. The fourth-order valence-corrected chi connectivity index (χ4v) is 2.91. The highest BCUT2D eigenvalue weighted by Crippen LogP contribution is 2.36. The molecule has 0 amide bonds. The molecule has 8 heteroatoms. The fourth-order valence-electron chi connectivity index (χ4n) is 2.38. The van der Waals surface area contributed by atoms with Gasteiger partial charge in [0.25, 0.3) is 0 Å². The Bertz CT molecular complexity index is 847. The molecule has 122 valence electrons. The first-order valence-electron chi connectivity index (χ1n) is 6.82. The number of benzene rings is 2. The molecule has 0 spiro atoms. The molecular formula is C16H10Cl2N2O4. The summed E-state index contributed by atoms with van der Waals surface area (Å²) in [4.78, 5) is 22.7. The Morgan fingerprint density at radius 2 is 1.88 bits per heavy atom. The lowest BCUT2D eigenvalue weighted by Gasteiger charge is -2.09. The number of hydrogen-bond acceptors (Lipinski definition) is 5. The summed E-state index contributed by atoms with van der Waals surface area (Å²) >= 11 is 11.8. The summed E-state index contributed by atoms with van der Waals surface area (Å²) in [5, 5.41) is 15.0. The predicted molar refractivity (Wildman–Crippen MR) is 89.8 cm³/mol. The largest absolute Gasteiger partial charge is 0.442 e. The van der Waals surface area contributed by atoms with Crippen LogP contribution in [0.25, 0.3) is 0 Å². The van der Waals surface area contributed by atoms with Crippen molar-refractivity contribution in [1.82, 2.24) is 0 Å². The van der Waals surface area contributed by atoms with E-state index in [0.29, 0.717) is 26.9 Å². The molecule has 0 saturated carbocycles. The number of rotatable bonds is 4. The number of halogens is 2. The first kappa shape index (κ1) is 16.3. The number of esters is 1. The molecule has 0 aromatic heterocycles. The first-order valence-corrected chi connectivity index (χ1v) is 7.58. The van der Waals surface area contributed by atoms with Crippen molar-refractivity contribution in [3.63, 3.8) is 0 Å². The molecule has 0 radical (unpaired) electrons. The molecule has 0 unspecified atom stereocenters. The van der Waals surface area contributed by atoms with E-state index in [0.717, 1.165) is 0 Å². The molecule has 2 aromatic carbocycles. The van der Waals surface area contributed by atoms with E-state index < -0.39 is 17.0 Å². The van der Waals surface area contributed by atoms with Crippen LogP contribution in [0.5, 0.6) is 0 Å². The topological polar surface area (TPSA) is 81.5 Å². The van der Waals surface area contributed by atoms with Crippen molar-refractivity contribution >= 4 is 34.9 Å². The van der Waals surface area contributed by atoms with E-state index in [1.54, 1.807) is 42.5 Å². The van der Waals surface area contributed by atoms with Crippen molar-refractivity contribution in [3.05, 3.63) is 85.6 Å². The molecule has 6 nitrogen and oxygen atoms in total. The van der Waals surface area contributed by atoms with Crippen molar-refractivity contribution in [1.29, 1.82) is 0 Å². The smallest absolute Gasteiger partial charge is 0.339 e. The lowest BCUT2D eigenvalue weighted by atomic mass is 10.0. The second-order valence-corrected chi connectivity index (χ2v) is 5.87. The van der Waals surface area contributed by atoms with Gasteiger partial charge in [0.05, 0.1) is 16.7 Å². The Kier molecular flexibility index (Phi) is 4.42. The molecule has 1 aliphatic heterocycles. The second kappa shape index (κ2) is 6.51. The SMILES string of the molecule is O=C1O[C@H](/C(=C\Nc2cc(Cl)cc(Cl)c2)[N+](=O)[O-])c2ccccc21. The van der Waals surface area contributed by atoms with Crippen molar-refractivity contribution < 1.29 is 14.5 Å². The number of nitro groups is 1. The second-order valence-electron chi connectivity index (χ2n) is 5.00. The molecule has 0 bridgehead atoms. The zero-order chi connectivity index (χ0) is 17.3. The predicted octanol–water partition coefficient (Wildman–Crippen LogP) is 4.44. The van der Waals surface area contributed by atoms with Crippen LogP contribution in [-0.2, 0) is 4.74 Å². The number of anilines is 1. The van der Waals surface area contributed by atoms with Gasteiger partial charge in [-0.3, -0.25) is 10.1 Å². The Morgan fingerprint density at radius 1 is 1.21 bits per heavy atom. The molecule has 1 aliphatic rings. The summed E-state index contributed by atoms with van der Waals surface area (Å²) in [6.45, 7) is 0. The van der Waals surface area contributed by atoms with Gasteiger partial charge in [0.15, 0.2) is 0 Å². The summed E-state index contributed by atoms with van der Waals surface area (Å²) in [7, 11) is 0. The van der Waals surface area contributed by atoms with Crippen molar-refractivity contribution in [2.75, 3.05) is 5.32 Å². The van der Waals surface area contributed by atoms with Crippen LogP contribution >= 0.6 is 23.2 Å². The molecule has 1 heterocycles. The highest BCUT2D eigenvalue weighted by molar-refractivity contribution is 6.35. The van der Waals surface area contributed by atoms with E-state index >= 15 is 0 Å². The van der Waals surface area contributed by atoms with Gasteiger partial charge in [0.2, 0.25) is 6.10 Å². The third kappa shape index (κ3) is 3.20. The number of fused-ring (bicyclic) bond motifs is 1. The Morgan fingerprint density at radius 3 is 2.54 bits per heavy atom. The minimum absolute atomic E-state index is 0.301. The van der Waals surface area contributed by atoms with Gasteiger partial charge in [-0.05, 0) is 24.3 Å². The quantitative estimate of drug-likeness (QED) is 0.492. The third-order valence-corrected chi connectivity index (χ3v) is 3.85. The van der Waals surface area contributed by atoms with Gasteiger partial charge in [0.1, 0.15) is 0 Å². The zero-order valence-electron chi connectivity index (χ0n) is 12.0. The number of carbonyl (C=O) groups excluding carboxylic acids is 1. The van der Waals surface area contributed by atoms with Gasteiger partial charge in [-0.15, -0.1) is 0 Å². The summed E-state index contributed by atoms with van der Waals surface area (Å²) in [5.41, 5.74) is 0.950. The maximum absolute atomic E-state index is 11.8. The number of carbonyl (C=O) groups is 1. The molecule has 0 fully saturated rings. The first-order chi connectivity index (χ1) is 11.5. The molecule has 3 rings (SSSR count). The van der Waals surface area contributed by atoms with E-state index in [2.05, 4.69) is 5.32 Å². The Hall–Kier alpha value is -2.57. The van der Waals surface area contributed by atoms with E-state index in [9.17, 15) is 14.9 Å². The number of hydrogen-bond donors (Lipinski definition) is 1. The minimum Gasteiger partial charge on any atom is -0.442 e. The molecule has 24 heavy (non-hydrogen) atoms.